The standard InChI is InChI=1S/C6H8N2O2S.C6H6N2O2/c7-5-1-3-6(4-2-5)11(8,9)10;9-8(10)7-6-4-2-1-3-5-6/h1-4H,7H2,(H2,8,9,10);1-5,7H. The third kappa shape index (κ3) is 6.36. The number of nitro groups is 1. The molecule has 0 aliphatic rings. The number of hydrogen-bond acceptors (Lipinski definition) is 5. The summed E-state index contributed by atoms with van der Waals surface area (Å²) in [5, 5.41) is 14.1. The summed E-state index contributed by atoms with van der Waals surface area (Å²) in [6, 6.07) is 14.2. The van der Waals surface area contributed by atoms with Crippen molar-refractivity contribution in [1.29, 1.82) is 0 Å². The van der Waals surface area contributed by atoms with Gasteiger partial charge in [0.2, 0.25) is 10.0 Å². The van der Waals surface area contributed by atoms with Crippen LogP contribution in [0.4, 0.5) is 11.4 Å². The number of rotatable bonds is 3. The molecule has 0 aliphatic heterocycles. The van der Waals surface area contributed by atoms with Gasteiger partial charge in [0.05, 0.1) is 4.90 Å². The number of nitrogen functional groups attached to an aromatic ring is 1. The Morgan fingerprint density at radius 3 is 1.95 bits per heavy atom. The molecule has 0 aliphatic carbocycles. The molecule has 2 aromatic rings. The van der Waals surface area contributed by atoms with Crippen LogP contribution in [0.3, 0.4) is 0 Å². The van der Waals surface area contributed by atoms with Gasteiger partial charge in [-0.15, -0.1) is 5.43 Å². The normalized spacial score (nSPS) is 10.1. The average Bonchev–Trinajstić information content (AvgIpc) is 2.39. The predicted molar refractivity (Wildman–Crippen MR) is 79.3 cm³/mol. The van der Waals surface area contributed by atoms with Crippen LogP contribution < -0.4 is 16.3 Å². The Kier molecular flexibility index (Phi) is 5.64. The van der Waals surface area contributed by atoms with Gasteiger partial charge in [-0.2, -0.15) is 0 Å². The maximum Gasteiger partial charge on any atom is 0.238 e. The maximum atomic E-state index is 10.7. The molecule has 5 N–H and O–H groups in total. The highest BCUT2D eigenvalue weighted by atomic mass is 32.2. The van der Waals surface area contributed by atoms with Crippen molar-refractivity contribution in [3.63, 3.8) is 0 Å². The molecule has 0 fully saturated rings. The lowest BCUT2D eigenvalue weighted by molar-refractivity contribution is -0.445. The molecule has 8 nitrogen and oxygen atoms in total. The summed E-state index contributed by atoms with van der Waals surface area (Å²) in [6.45, 7) is 0. The summed E-state index contributed by atoms with van der Waals surface area (Å²) < 4.78 is 21.4. The monoisotopic (exact) mass is 310 g/mol. The van der Waals surface area contributed by atoms with E-state index in [1.54, 1.807) is 30.3 Å². The smallest absolute Gasteiger partial charge is 0.238 e. The van der Waals surface area contributed by atoms with Gasteiger partial charge in [0, 0.05) is 5.69 Å². The molecular formula is C12H14N4O4S. The quantitative estimate of drug-likeness (QED) is 0.442. The number of primary sulfonamides is 1. The molecule has 0 amide bonds. The molecule has 9 heteroatoms. The Labute approximate surface area is 121 Å². The van der Waals surface area contributed by atoms with E-state index in [4.69, 9.17) is 10.9 Å². The first-order valence-corrected chi connectivity index (χ1v) is 7.18. The second-order valence-electron chi connectivity index (χ2n) is 3.85. The van der Waals surface area contributed by atoms with Crippen molar-refractivity contribution >= 4 is 21.4 Å². The largest absolute Gasteiger partial charge is 0.399 e. The van der Waals surface area contributed by atoms with Gasteiger partial charge in [0.15, 0.2) is 5.03 Å². The number of hydrazine groups is 1. The first kappa shape index (κ1) is 16.4. The van der Waals surface area contributed by atoms with Crippen LogP contribution in [0.15, 0.2) is 59.5 Å². The van der Waals surface area contributed by atoms with Gasteiger partial charge >= 0.3 is 0 Å². The van der Waals surface area contributed by atoms with E-state index in [9.17, 15) is 18.5 Å². The Bertz CT molecular complexity index is 687. The van der Waals surface area contributed by atoms with Crippen molar-refractivity contribution in [3.05, 3.63) is 64.7 Å². The van der Waals surface area contributed by atoms with Gasteiger partial charge in [0.1, 0.15) is 5.69 Å². The summed E-state index contributed by atoms with van der Waals surface area (Å²) in [5.74, 6) is 0. The third-order valence-electron chi connectivity index (χ3n) is 2.20. The van der Waals surface area contributed by atoms with Gasteiger partial charge in [0.25, 0.3) is 0 Å². The summed E-state index contributed by atoms with van der Waals surface area (Å²) in [4.78, 5) is 9.94. The lowest BCUT2D eigenvalue weighted by Crippen LogP contribution is -2.11. The number of benzene rings is 2. The summed E-state index contributed by atoms with van der Waals surface area (Å²) >= 11 is 0. The van der Waals surface area contributed by atoms with E-state index in [0.717, 1.165) is 0 Å². The number of nitrogens with two attached hydrogens (primary N) is 2. The highest BCUT2D eigenvalue weighted by Crippen LogP contribution is 2.08. The first-order valence-electron chi connectivity index (χ1n) is 5.63. The SMILES string of the molecule is Nc1ccc(S(N)(=O)=O)cc1.O=[N+]([O-])Nc1ccccc1. The molecule has 0 saturated carbocycles. The van der Waals surface area contributed by atoms with E-state index in [2.05, 4.69) is 0 Å². The molecule has 0 heterocycles. The van der Waals surface area contributed by atoms with Gasteiger partial charge in [-0.25, -0.2) is 23.7 Å². The fourth-order valence-electron chi connectivity index (χ4n) is 1.28. The fraction of sp³-hybridized carbons (Fsp3) is 0. The second kappa shape index (κ2) is 7.22. The van der Waals surface area contributed by atoms with Crippen molar-refractivity contribution < 1.29 is 13.5 Å². The molecule has 0 radical (unpaired) electrons. The minimum atomic E-state index is -3.58. The molecule has 0 atom stereocenters. The molecule has 0 aromatic heterocycles. The number of hydrogen-bond donors (Lipinski definition) is 3. The van der Waals surface area contributed by atoms with Crippen LogP contribution in [0.2, 0.25) is 0 Å². The number of anilines is 2. The van der Waals surface area contributed by atoms with E-state index in [1.807, 2.05) is 5.43 Å². The Morgan fingerprint density at radius 1 is 1.00 bits per heavy atom. The number of nitrogens with zero attached hydrogens (tertiary/aromatic N) is 1. The van der Waals surface area contributed by atoms with E-state index >= 15 is 0 Å². The van der Waals surface area contributed by atoms with Crippen LogP contribution in [0.1, 0.15) is 0 Å². The highest BCUT2D eigenvalue weighted by Gasteiger charge is 2.05. The fourth-order valence-corrected chi connectivity index (χ4v) is 1.79. The second-order valence-corrected chi connectivity index (χ2v) is 5.41. The van der Waals surface area contributed by atoms with E-state index in [-0.39, 0.29) is 4.90 Å². The molecule has 0 saturated heterocycles. The zero-order chi connectivity index (χ0) is 15.9. The van der Waals surface area contributed by atoms with E-state index in [1.165, 1.54) is 24.3 Å². The van der Waals surface area contributed by atoms with Crippen LogP contribution in [0, 0.1) is 10.1 Å². The number of nitrogens with one attached hydrogen (secondary N) is 1. The van der Waals surface area contributed by atoms with Crippen molar-refractivity contribution in [1.82, 2.24) is 0 Å². The summed E-state index contributed by atoms with van der Waals surface area (Å²) in [6.07, 6.45) is 0. The molecule has 2 rings (SSSR count). The number of sulfonamides is 1. The van der Waals surface area contributed by atoms with Gasteiger partial charge in [-0.1, -0.05) is 18.2 Å². The van der Waals surface area contributed by atoms with Crippen LogP contribution in [-0.2, 0) is 10.0 Å². The number of para-hydroxylation sites is 1. The van der Waals surface area contributed by atoms with Crippen molar-refractivity contribution in [3.8, 4) is 0 Å². The van der Waals surface area contributed by atoms with Crippen LogP contribution >= 0.6 is 0 Å². The van der Waals surface area contributed by atoms with Crippen LogP contribution in [-0.4, -0.2) is 13.5 Å². The van der Waals surface area contributed by atoms with Crippen LogP contribution in [0.5, 0.6) is 0 Å². The minimum Gasteiger partial charge on any atom is -0.399 e. The van der Waals surface area contributed by atoms with E-state index in [0.29, 0.717) is 11.4 Å². The third-order valence-corrected chi connectivity index (χ3v) is 3.13. The van der Waals surface area contributed by atoms with Crippen molar-refractivity contribution in [2.45, 2.75) is 4.90 Å². The summed E-state index contributed by atoms with van der Waals surface area (Å²) in [5.41, 5.74) is 8.37. The molecule has 0 spiro atoms. The first-order chi connectivity index (χ1) is 9.79. The lowest BCUT2D eigenvalue weighted by atomic mass is 10.3. The van der Waals surface area contributed by atoms with Gasteiger partial charge in [-0.3, -0.25) is 0 Å². The highest BCUT2D eigenvalue weighted by molar-refractivity contribution is 7.89. The zero-order valence-electron chi connectivity index (χ0n) is 10.8. The lowest BCUT2D eigenvalue weighted by Gasteiger charge is -1.96. The van der Waals surface area contributed by atoms with Crippen molar-refractivity contribution in [2.24, 2.45) is 5.14 Å². The molecule has 0 unspecified atom stereocenters. The van der Waals surface area contributed by atoms with E-state index < -0.39 is 15.1 Å². The molecular weight excluding hydrogens is 296 g/mol. The van der Waals surface area contributed by atoms with Gasteiger partial charge in [-0.05, 0) is 36.4 Å². The zero-order valence-corrected chi connectivity index (χ0v) is 11.7. The Hall–Kier alpha value is -2.65. The maximum absolute atomic E-state index is 10.7. The molecule has 0 bridgehead atoms. The molecule has 2 aromatic carbocycles. The molecule has 21 heavy (non-hydrogen) atoms. The summed E-state index contributed by atoms with van der Waals surface area (Å²) in [7, 11) is -3.58. The van der Waals surface area contributed by atoms with Crippen molar-refractivity contribution in [2.75, 3.05) is 11.2 Å². The topological polar surface area (TPSA) is 141 Å². The average molecular weight is 310 g/mol. The predicted octanol–water partition coefficient (Wildman–Crippen LogP) is 1.21. The van der Waals surface area contributed by atoms with Crippen LogP contribution in [0.25, 0.3) is 0 Å². The Balaban J connectivity index is 0.000000211. The minimum absolute atomic E-state index is 0.0756. The Morgan fingerprint density at radius 2 is 1.52 bits per heavy atom. The van der Waals surface area contributed by atoms with Gasteiger partial charge < -0.3 is 5.73 Å². The molecule has 112 valence electrons.